The minimum absolute atomic E-state index is 0.324. The van der Waals surface area contributed by atoms with Crippen LogP contribution in [0.2, 0.25) is 0 Å². The third-order valence-corrected chi connectivity index (χ3v) is 4.79. The van der Waals surface area contributed by atoms with E-state index in [1.807, 2.05) is 18.7 Å². The number of nitrogens with zero attached hydrogens (tertiary/aromatic N) is 2. The fourth-order valence-corrected chi connectivity index (χ4v) is 3.16. The third kappa shape index (κ3) is 4.59. The minimum atomic E-state index is -3.42. The molecule has 0 saturated heterocycles. The fraction of sp³-hybridized carbons (Fsp3) is 0.692. The van der Waals surface area contributed by atoms with Crippen LogP contribution in [-0.4, -0.2) is 51.1 Å². The lowest BCUT2D eigenvalue weighted by Crippen LogP contribution is -2.34. The largest absolute Gasteiger partial charge is 0.352 e. The summed E-state index contributed by atoms with van der Waals surface area (Å²) in [5.74, 6) is 0. The van der Waals surface area contributed by atoms with Crippen molar-refractivity contribution in [1.82, 2.24) is 19.5 Å². The topological polar surface area (TPSA) is 66.4 Å². The molecule has 0 saturated carbocycles. The zero-order valence-electron chi connectivity index (χ0n) is 12.8. The molecule has 116 valence electrons. The van der Waals surface area contributed by atoms with E-state index in [2.05, 4.69) is 28.8 Å². The van der Waals surface area contributed by atoms with E-state index in [0.717, 1.165) is 25.3 Å². The minimum Gasteiger partial charge on any atom is -0.352 e. The van der Waals surface area contributed by atoms with Crippen molar-refractivity contribution in [3.05, 3.63) is 18.0 Å². The molecule has 0 aromatic carbocycles. The second-order valence-electron chi connectivity index (χ2n) is 4.73. The van der Waals surface area contributed by atoms with E-state index in [-0.39, 0.29) is 0 Å². The molecular formula is C13H26N4O2S. The summed E-state index contributed by atoms with van der Waals surface area (Å²) in [5, 5.41) is 3.02. The molecule has 2 N–H and O–H groups in total. The molecule has 7 heteroatoms. The van der Waals surface area contributed by atoms with E-state index >= 15 is 0 Å². The normalized spacial score (nSPS) is 12.2. The molecule has 1 rings (SSSR count). The number of hydrogen-bond acceptors (Lipinski definition) is 4. The zero-order chi connectivity index (χ0) is 15.2. The fourth-order valence-electron chi connectivity index (χ4n) is 2.04. The predicted molar refractivity (Wildman–Crippen MR) is 81.2 cm³/mol. The summed E-state index contributed by atoms with van der Waals surface area (Å²) in [7, 11) is 0.268. The molecule has 0 spiro atoms. The highest BCUT2D eigenvalue weighted by molar-refractivity contribution is 7.89. The maximum atomic E-state index is 12.2. The molecule has 20 heavy (non-hydrogen) atoms. The smallest absolute Gasteiger partial charge is 0.242 e. The van der Waals surface area contributed by atoms with Gasteiger partial charge < -0.3 is 14.8 Å². The Labute approximate surface area is 122 Å². The molecule has 0 fully saturated rings. The first-order chi connectivity index (χ1) is 9.44. The van der Waals surface area contributed by atoms with Crippen molar-refractivity contribution in [3.8, 4) is 0 Å². The van der Waals surface area contributed by atoms with Crippen molar-refractivity contribution in [2.75, 3.05) is 33.2 Å². The summed E-state index contributed by atoms with van der Waals surface area (Å²) >= 11 is 0. The summed E-state index contributed by atoms with van der Waals surface area (Å²) in [6.45, 7) is 7.79. The SMILES string of the molecule is CCN(CC)CCNS(=O)(=O)c1cc(CNC)n(C)c1. The number of sulfonamides is 1. The van der Waals surface area contributed by atoms with Gasteiger partial charge in [0.25, 0.3) is 0 Å². The number of nitrogens with one attached hydrogen (secondary N) is 2. The number of aryl methyl sites for hydroxylation is 1. The predicted octanol–water partition coefficient (Wildman–Crippen LogP) is 0.365. The summed E-state index contributed by atoms with van der Waals surface area (Å²) in [6, 6.07) is 1.70. The van der Waals surface area contributed by atoms with Gasteiger partial charge in [-0.2, -0.15) is 0 Å². The summed E-state index contributed by atoms with van der Waals surface area (Å²) in [4.78, 5) is 2.50. The highest BCUT2D eigenvalue weighted by Gasteiger charge is 2.17. The van der Waals surface area contributed by atoms with Crippen LogP contribution >= 0.6 is 0 Å². The van der Waals surface area contributed by atoms with Crippen molar-refractivity contribution in [1.29, 1.82) is 0 Å². The molecule has 6 nitrogen and oxygen atoms in total. The molecule has 1 aromatic rings. The summed E-state index contributed by atoms with van der Waals surface area (Å²) in [5.41, 5.74) is 0.941. The van der Waals surface area contributed by atoms with Gasteiger partial charge in [0.15, 0.2) is 0 Å². The van der Waals surface area contributed by atoms with Gasteiger partial charge in [-0.25, -0.2) is 13.1 Å². The van der Waals surface area contributed by atoms with Crippen LogP contribution in [-0.2, 0) is 23.6 Å². The third-order valence-electron chi connectivity index (χ3n) is 3.37. The Balaban J connectivity index is 2.66. The van der Waals surface area contributed by atoms with E-state index < -0.39 is 10.0 Å². The van der Waals surface area contributed by atoms with Crippen molar-refractivity contribution < 1.29 is 8.42 Å². The first-order valence-corrected chi connectivity index (χ1v) is 8.44. The van der Waals surface area contributed by atoms with Gasteiger partial charge >= 0.3 is 0 Å². The molecule has 0 amide bonds. The van der Waals surface area contributed by atoms with Crippen LogP contribution in [0.25, 0.3) is 0 Å². The highest BCUT2D eigenvalue weighted by Crippen LogP contribution is 2.13. The first-order valence-electron chi connectivity index (χ1n) is 6.96. The molecular weight excluding hydrogens is 276 g/mol. The van der Waals surface area contributed by atoms with Crippen LogP contribution in [0, 0.1) is 0 Å². The van der Waals surface area contributed by atoms with Crippen LogP contribution in [0.15, 0.2) is 17.2 Å². The van der Waals surface area contributed by atoms with Gasteiger partial charge in [0, 0.05) is 38.6 Å². The molecule has 0 aliphatic carbocycles. The molecule has 0 bridgehead atoms. The molecule has 1 heterocycles. The highest BCUT2D eigenvalue weighted by atomic mass is 32.2. The molecule has 0 aliphatic heterocycles. The first kappa shape index (κ1) is 17.2. The van der Waals surface area contributed by atoms with Crippen molar-refractivity contribution in [3.63, 3.8) is 0 Å². The van der Waals surface area contributed by atoms with Gasteiger partial charge in [0.05, 0.1) is 4.90 Å². The van der Waals surface area contributed by atoms with Gasteiger partial charge in [0.1, 0.15) is 0 Å². The Morgan fingerprint density at radius 2 is 1.95 bits per heavy atom. The van der Waals surface area contributed by atoms with Crippen LogP contribution in [0.5, 0.6) is 0 Å². The van der Waals surface area contributed by atoms with Crippen LogP contribution in [0.1, 0.15) is 19.5 Å². The Bertz CT molecular complexity index is 506. The van der Waals surface area contributed by atoms with E-state index in [1.54, 1.807) is 12.3 Å². The zero-order valence-corrected chi connectivity index (χ0v) is 13.6. The van der Waals surface area contributed by atoms with Crippen LogP contribution in [0.4, 0.5) is 0 Å². The average molecular weight is 302 g/mol. The van der Waals surface area contributed by atoms with Crippen LogP contribution < -0.4 is 10.0 Å². The Morgan fingerprint density at radius 1 is 1.30 bits per heavy atom. The Kier molecular flexibility index (Phi) is 6.67. The number of hydrogen-bond donors (Lipinski definition) is 2. The molecule has 0 unspecified atom stereocenters. The van der Waals surface area contributed by atoms with Crippen molar-refractivity contribution in [2.45, 2.75) is 25.3 Å². The number of rotatable bonds is 9. The van der Waals surface area contributed by atoms with Crippen LogP contribution in [0.3, 0.4) is 0 Å². The van der Waals surface area contributed by atoms with Gasteiger partial charge in [-0.15, -0.1) is 0 Å². The van der Waals surface area contributed by atoms with Gasteiger partial charge in [-0.05, 0) is 26.2 Å². The maximum Gasteiger partial charge on any atom is 0.242 e. The Hall–Kier alpha value is -0.890. The summed E-state index contributed by atoms with van der Waals surface area (Å²) in [6.07, 6.45) is 1.65. The maximum absolute atomic E-state index is 12.2. The van der Waals surface area contributed by atoms with Gasteiger partial charge in [-0.1, -0.05) is 13.8 Å². The molecule has 0 radical (unpaired) electrons. The quantitative estimate of drug-likeness (QED) is 0.691. The standard InChI is InChI=1S/C13H26N4O2S/c1-5-17(6-2)8-7-15-20(18,19)13-9-12(10-14-3)16(4)11-13/h9,11,14-15H,5-8,10H2,1-4H3. The molecule has 0 aliphatic rings. The average Bonchev–Trinajstić information content (AvgIpc) is 2.78. The van der Waals surface area contributed by atoms with E-state index in [9.17, 15) is 8.42 Å². The monoisotopic (exact) mass is 302 g/mol. The number of aromatic nitrogens is 1. The van der Waals surface area contributed by atoms with E-state index in [0.29, 0.717) is 18.0 Å². The lowest BCUT2D eigenvalue weighted by Gasteiger charge is -2.17. The lowest BCUT2D eigenvalue weighted by molar-refractivity contribution is 0.309. The molecule has 0 atom stereocenters. The van der Waals surface area contributed by atoms with Crippen molar-refractivity contribution in [2.24, 2.45) is 7.05 Å². The van der Waals surface area contributed by atoms with Gasteiger partial charge in [0.2, 0.25) is 10.0 Å². The van der Waals surface area contributed by atoms with Gasteiger partial charge in [-0.3, -0.25) is 0 Å². The summed E-state index contributed by atoms with van der Waals surface area (Å²) < 4.78 is 28.9. The lowest BCUT2D eigenvalue weighted by atomic mass is 10.4. The number of likely N-dealkylation sites (N-methyl/N-ethyl adjacent to an activating group) is 1. The second-order valence-corrected chi connectivity index (χ2v) is 6.50. The Morgan fingerprint density at radius 3 is 2.50 bits per heavy atom. The van der Waals surface area contributed by atoms with E-state index in [4.69, 9.17) is 0 Å². The molecule has 1 aromatic heterocycles. The van der Waals surface area contributed by atoms with E-state index in [1.165, 1.54) is 0 Å². The van der Waals surface area contributed by atoms with Crippen molar-refractivity contribution >= 4 is 10.0 Å². The second kappa shape index (κ2) is 7.78.